The predicted molar refractivity (Wildman–Crippen MR) is 125 cm³/mol. The molecule has 5 nitrogen and oxygen atoms in total. The van der Waals surface area contributed by atoms with Gasteiger partial charge in [-0.1, -0.05) is 36.4 Å². The molecule has 0 spiro atoms. The van der Waals surface area contributed by atoms with Crippen molar-refractivity contribution in [3.63, 3.8) is 0 Å². The maximum absolute atomic E-state index is 13.2. The fraction of sp³-hybridized carbons (Fsp3) is 0.0385. The Kier molecular flexibility index (Phi) is 4.77. The van der Waals surface area contributed by atoms with Crippen molar-refractivity contribution in [2.75, 3.05) is 5.43 Å². The SMILES string of the molecule is Cc1c(C=NNc2ccc3ccccc3c2)c2ccccn2c1C(=O)c1ccncc1. The summed E-state index contributed by atoms with van der Waals surface area (Å²) in [4.78, 5) is 17.2. The van der Waals surface area contributed by atoms with E-state index in [1.807, 2.05) is 53.9 Å². The van der Waals surface area contributed by atoms with Crippen LogP contribution in [0.4, 0.5) is 5.69 Å². The molecular formula is C26H20N4O. The third-order valence-electron chi connectivity index (χ3n) is 5.43. The summed E-state index contributed by atoms with van der Waals surface area (Å²) in [6.45, 7) is 1.96. The third-order valence-corrected chi connectivity index (χ3v) is 5.43. The fourth-order valence-corrected chi connectivity index (χ4v) is 3.87. The molecule has 5 heteroatoms. The number of fused-ring (bicyclic) bond motifs is 2. The Balaban J connectivity index is 1.51. The molecule has 2 aromatic carbocycles. The minimum absolute atomic E-state index is 0.0387. The first kappa shape index (κ1) is 18.8. The van der Waals surface area contributed by atoms with Gasteiger partial charge < -0.3 is 4.40 Å². The highest BCUT2D eigenvalue weighted by Crippen LogP contribution is 2.24. The number of hydrogen-bond acceptors (Lipinski definition) is 4. The number of ketones is 1. The van der Waals surface area contributed by atoms with Crippen LogP contribution in [0.2, 0.25) is 0 Å². The van der Waals surface area contributed by atoms with Crippen molar-refractivity contribution in [3.05, 3.63) is 114 Å². The molecule has 1 N–H and O–H groups in total. The Morgan fingerprint density at radius 1 is 0.968 bits per heavy atom. The number of anilines is 1. The normalized spacial score (nSPS) is 11.4. The van der Waals surface area contributed by atoms with Gasteiger partial charge in [-0.25, -0.2) is 0 Å². The average Bonchev–Trinajstić information content (AvgIpc) is 3.10. The molecule has 0 radical (unpaired) electrons. The lowest BCUT2D eigenvalue weighted by molar-refractivity contribution is 0.103. The van der Waals surface area contributed by atoms with Crippen molar-refractivity contribution in [1.82, 2.24) is 9.38 Å². The Bertz CT molecular complexity index is 1430. The van der Waals surface area contributed by atoms with E-state index < -0.39 is 0 Å². The van der Waals surface area contributed by atoms with Crippen LogP contribution in [0, 0.1) is 6.92 Å². The quantitative estimate of drug-likeness (QED) is 0.240. The molecule has 0 saturated carbocycles. The lowest BCUT2D eigenvalue weighted by Gasteiger charge is -2.03. The van der Waals surface area contributed by atoms with E-state index in [1.54, 1.807) is 30.7 Å². The van der Waals surface area contributed by atoms with Crippen molar-refractivity contribution < 1.29 is 4.79 Å². The summed E-state index contributed by atoms with van der Waals surface area (Å²) < 4.78 is 1.93. The van der Waals surface area contributed by atoms with Gasteiger partial charge in [-0.15, -0.1) is 0 Å². The molecule has 0 aliphatic carbocycles. The van der Waals surface area contributed by atoms with Crippen LogP contribution in [-0.4, -0.2) is 21.4 Å². The first-order chi connectivity index (χ1) is 15.2. The lowest BCUT2D eigenvalue weighted by atomic mass is 10.1. The van der Waals surface area contributed by atoms with E-state index in [0.717, 1.165) is 27.7 Å². The van der Waals surface area contributed by atoms with Crippen molar-refractivity contribution in [3.8, 4) is 0 Å². The smallest absolute Gasteiger partial charge is 0.210 e. The maximum Gasteiger partial charge on any atom is 0.210 e. The van der Waals surface area contributed by atoms with Gasteiger partial charge in [0.1, 0.15) is 0 Å². The average molecular weight is 404 g/mol. The number of aromatic nitrogens is 2. The number of nitrogens with zero attached hydrogens (tertiary/aromatic N) is 3. The second-order valence-electron chi connectivity index (χ2n) is 7.34. The molecule has 3 heterocycles. The Morgan fingerprint density at radius 3 is 2.58 bits per heavy atom. The highest BCUT2D eigenvalue weighted by Gasteiger charge is 2.20. The van der Waals surface area contributed by atoms with Crippen molar-refractivity contribution >= 4 is 34.0 Å². The van der Waals surface area contributed by atoms with Gasteiger partial charge in [-0.05, 0) is 59.7 Å². The molecule has 5 rings (SSSR count). The second kappa shape index (κ2) is 7.88. The summed E-state index contributed by atoms with van der Waals surface area (Å²) in [5.41, 5.74) is 7.99. The van der Waals surface area contributed by atoms with Gasteiger partial charge in [0.2, 0.25) is 5.78 Å². The lowest BCUT2D eigenvalue weighted by Crippen LogP contribution is -2.06. The van der Waals surface area contributed by atoms with Gasteiger partial charge in [0.15, 0.2) is 0 Å². The molecule has 0 bridgehead atoms. The van der Waals surface area contributed by atoms with Crippen molar-refractivity contribution in [2.45, 2.75) is 6.92 Å². The monoisotopic (exact) mass is 404 g/mol. The van der Waals surface area contributed by atoms with Crippen LogP contribution in [0.15, 0.2) is 96.5 Å². The van der Waals surface area contributed by atoms with Crippen molar-refractivity contribution in [2.24, 2.45) is 5.10 Å². The number of hydrazone groups is 1. The van der Waals surface area contributed by atoms with Crippen LogP contribution in [-0.2, 0) is 0 Å². The van der Waals surface area contributed by atoms with Gasteiger partial charge in [-0.3, -0.25) is 15.2 Å². The topological polar surface area (TPSA) is 58.8 Å². The van der Waals surface area contributed by atoms with Gasteiger partial charge in [-0.2, -0.15) is 5.10 Å². The van der Waals surface area contributed by atoms with Crippen LogP contribution in [0.5, 0.6) is 0 Å². The Labute approximate surface area is 179 Å². The molecule has 0 atom stereocenters. The van der Waals surface area contributed by atoms with E-state index in [0.29, 0.717) is 11.3 Å². The summed E-state index contributed by atoms with van der Waals surface area (Å²) >= 11 is 0. The Hall–Kier alpha value is -4.25. The summed E-state index contributed by atoms with van der Waals surface area (Å²) in [6, 6.07) is 23.7. The zero-order valence-corrected chi connectivity index (χ0v) is 17.0. The van der Waals surface area contributed by atoms with E-state index in [-0.39, 0.29) is 5.78 Å². The Morgan fingerprint density at radius 2 is 1.74 bits per heavy atom. The van der Waals surface area contributed by atoms with E-state index in [9.17, 15) is 4.79 Å². The van der Waals surface area contributed by atoms with Gasteiger partial charge in [0, 0.05) is 29.7 Å². The van der Waals surface area contributed by atoms with Gasteiger partial charge in [0.25, 0.3) is 0 Å². The van der Waals surface area contributed by atoms with E-state index in [4.69, 9.17) is 0 Å². The van der Waals surface area contributed by atoms with Crippen LogP contribution in [0.3, 0.4) is 0 Å². The summed E-state index contributed by atoms with van der Waals surface area (Å²) in [5, 5.41) is 6.80. The number of hydrogen-bond donors (Lipinski definition) is 1. The van der Waals surface area contributed by atoms with Crippen LogP contribution in [0.25, 0.3) is 16.3 Å². The standard InChI is InChI=1S/C26H20N4O/c1-18-23(17-28-29-22-10-9-19-6-2-3-7-21(19)16-22)24-8-4-5-15-30(24)25(18)26(31)20-11-13-27-14-12-20/h2-17,29H,1H3. The molecule has 150 valence electrons. The van der Waals surface area contributed by atoms with Crippen LogP contribution < -0.4 is 5.43 Å². The highest BCUT2D eigenvalue weighted by molar-refractivity contribution is 6.11. The number of nitrogens with one attached hydrogen (secondary N) is 1. The zero-order valence-electron chi connectivity index (χ0n) is 17.0. The number of rotatable bonds is 5. The molecule has 0 saturated heterocycles. The molecular weight excluding hydrogens is 384 g/mol. The molecule has 0 aliphatic heterocycles. The van der Waals surface area contributed by atoms with Crippen molar-refractivity contribution in [1.29, 1.82) is 0 Å². The first-order valence-corrected chi connectivity index (χ1v) is 10.0. The van der Waals surface area contributed by atoms with Crippen LogP contribution >= 0.6 is 0 Å². The number of pyridine rings is 2. The predicted octanol–water partition coefficient (Wildman–Crippen LogP) is 5.47. The molecule has 5 aromatic rings. The molecule has 31 heavy (non-hydrogen) atoms. The molecule has 0 amide bonds. The molecule has 0 unspecified atom stereocenters. The summed E-state index contributed by atoms with van der Waals surface area (Å²) in [7, 11) is 0. The summed E-state index contributed by atoms with van der Waals surface area (Å²) in [5.74, 6) is -0.0387. The van der Waals surface area contributed by atoms with E-state index in [2.05, 4.69) is 39.8 Å². The molecule has 3 aromatic heterocycles. The second-order valence-corrected chi connectivity index (χ2v) is 7.34. The minimum Gasteiger partial charge on any atom is -0.313 e. The van der Waals surface area contributed by atoms with Gasteiger partial charge >= 0.3 is 0 Å². The summed E-state index contributed by atoms with van der Waals surface area (Å²) in [6.07, 6.45) is 6.95. The fourth-order valence-electron chi connectivity index (χ4n) is 3.87. The number of carbonyl (C=O) groups is 1. The highest BCUT2D eigenvalue weighted by atomic mass is 16.1. The minimum atomic E-state index is -0.0387. The van der Waals surface area contributed by atoms with Gasteiger partial charge in [0.05, 0.1) is 23.1 Å². The van der Waals surface area contributed by atoms with E-state index >= 15 is 0 Å². The third kappa shape index (κ3) is 3.46. The number of carbonyl (C=O) groups excluding carboxylic acids is 1. The maximum atomic E-state index is 13.2. The van der Waals surface area contributed by atoms with E-state index in [1.165, 1.54) is 5.39 Å². The molecule has 0 aliphatic rings. The zero-order chi connectivity index (χ0) is 21.2. The number of benzene rings is 2. The molecule has 0 fully saturated rings. The largest absolute Gasteiger partial charge is 0.313 e. The van der Waals surface area contributed by atoms with Crippen LogP contribution in [0.1, 0.15) is 27.2 Å². The first-order valence-electron chi connectivity index (χ1n) is 10.0.